The molecule has 2 aliphatic rings. The molecule has 0 aliphatic carbocycles. The summed E-state index contributed by atoms with van der Waals surface area (Å²) in [7, 11) is 0. The lowest BCUT2D eigenvalue weighted by Gasteiger charge is -2.35. The summed E-state index contributed by atoms with van der Waals surface area (Å²) in [6.45, 7) is 4.92. The van der Waals surface area contributed by atoms with Gasteiger partial charge in [0.25, 0.3) is 0 Å². The number of rotatable bonds is 3. The molecule has 0 radical (unpaired) electrons. The molecule has 6 heteroatoms. The molecule has 29 heavy (non-hydrogen) atoms. The van der Waals surface area contributed by atoms with Gasteiger partial charge in [-0.25, -0.2) is 9.98 Å². The SMILES string of the molecule is Cc1nc2c(s1)Nc1ccccc1N=C2N1CCN[C@H](CCc2ccccc2)C1. The van der Waals surface area contributed by atoms with Crippen LogP contribution in [0.15, 0.2) is 59.6 Å². The predicted molar refractivity (Wildman–Crippen MR) is 121 cm³/mol. The molecule has 2 aliphatic heterocycles. The maximum atomic E-state index is 5.07. The van der Waals surface area contributed by atoms with Crippen LogP contribution in [0.3, 0.4) is 0 Å². The molecule has 5 nitrogen and oxygen atoms in total. The van der Waals surface area contributed by atoms with Crippen LogP contribution >= 0.6 is 11.3 Å². The topological polar surface area (TPSA) is 52.6 Å². The van der Waals surface area contributed by atoms with Crippen LogP contribution in [0.2, 0.25) is 0 Å². The molecular weight excluding hydrogens is 378 g/mol. The summed E-state index contributed by atoms with van der Waals surface area (Å²) < 4.78 is 0. The van der Waals surface area contributed by atoms with Crippen molar-refractivity contribution >= 4 is 33.5 Å². The zero-order valence-electron chi connectivity index (χ0n) is 16.6. The van der Waals surface area contributed by atoms with E-state index in [1.54, 1.807) is 11.3 Å². The van der Waals surface area contributed by atoms with Gasteiger partial charge in [0.1, 0.15) is 10.7 Å². The summed E-state index contributed by atoms with van der Waals surface area (Å²) >= 11 is 1.70. The second-order valence-corrected chi connectivity index (χ2v) is 8.81. The van der Waals surface area contributed by atoms with E-state index in [2.05, 4.69) is 64.9 Å². The van der Waals surface area contributed by atoms with Crippen LogP contribution in [-0.2, 0) is 6.42 Å². The second kappa shape index (κ2) is 7.97. The van der Waals surface area contributed by atoms with Crippen molar-refractivity contribution in [1.82, 2.24) is 15.2 Å². The normalized spacial score (nSPS) is 18.3. The van der Waals surface area contributed by atoms with Crippen LogP contribution in [0.4, 0.5) is 16.4 Å². The van der Waals surface area contributed by atoms with E-state index in [0.717, 1.165) is 65.4 Å². The Labute approximate surface area is 175 Å². The molecule has 1 fully saturated rings. The number of hydrogen-bond donors (Lipinski definition) is 2. The van der Waals surface area contributed by atoms with Crippen molar-refractivity contribution in [3.63, 3.8) is 0 Å². The number of aliphatic imine (C=N–C) groups is 1. The second-order valence-electron chi connectivity index (χ2n) is 7.61. The fourth-order valence-electron chi connectivity index (χ4n) is 4.05. The van der Waals surface area contributed by atoms with Crippen LogP contribution in [0, 0.1) is 6.92 Å². The summed E-state index contributed by atoms with van der Waals surface area (Å²) in [5.74, 6) is 0.994. The summed E-state index contributed by atoms with van der Waals surface area (Å²) in [5.41, 5.74) is 4.40. The van der Waals surface area contributed by atoms with Gasteiger partial charge in [-0.3, -0.25) is 0 Å². The molecule has 2 aromatic carbocycles. The molecule has 1 atom stereocenters. The summed E-state index contributed by atoms with van der Waals surface area (Å²) in [5, 5.41) is 9.39. The van der Waals surface area contributed by atoms with Gasteiger partial charge < -0.3 is 15.5 Å². The van der Waals surface area contributed by atoms with Crippen molar-refractivity contribution in [3.8, 4) is 0 Å². The molecule has 148 valence electrons. The van der Waals surface area contributed by atoms with Gasteiger partial charge in [-0.15, -0.1) is 11.3 Å². The molecular formula is C23H25N5S. The number of anilines is 2. The lowest BCUT2D eigenvalue weighted by molar-refractivity contribution is 0.282. The first kappa shape index (κ1) is 18.3. The predicted octanol–water partition coefficient (Wildman–Crippen LogP) is 4.49. The van der Waals surface area contributed by atoms with Crippen LogP contribution in [0.25, 0.3) is 0 Å². The summed E-state index contributed by atoms with van der Waals surface area (Å²) in [6.07, 6.45) is 2.20. The van der Waals surface area contributed by atoms with E-state index in [1.807, 2.05) is 12.1 Å². The van der Waals surface area contributed by atoms with Gasteiger partial charge in [-0.2, -0.15) is 0 Å². The van der Waals surface area contributed by atoms with E-state index in [1.165, 1.54) is 5.56 Å². The van der Waals surface area contributed by atoms with Gasteiger partial charge in [0.2, 0.25) is 0 Å². The molecule has 0 saturated carbocycles. The van der Waals surface area contributed by atoms with E-state index in [0.29, 0.717) is 6.04 Å². The number of aromatic nitrogens is 1. The maximum absolute atomic E-state index is 5.07. The fourth-order valence-corrected chi connectivity index (χ4v) is 4.87. The Balaban J connectivity index is 1.40. The lowest BCUT2D eigenvalue weighted by Crippen LogP contribution is -2.53. The van der Waals surface area contributed by atoms with Crippen LogP contribution in [0.1, 0.15) is 22.7 Å². The van der Waals surface area contributed by atoms with Crippen molar-refractivity contribution in [1.29, 1.82) is 0 Å². The van der Waals surface area contributed by atoms with Crippen molar-refractivity contribution < 1.29 is 0 Å². The van der Waals surface area contributed by atoms with Crippen molar-refractivity contribution in [2.45, 2.75) is 25.8 Å². The third kappa shape index (κ3) is 3.91. The number of piperazine rings is 1. The average Bonchev–Trinajstić information content (AvgIpc) is 3.04. The Kier molecular flexibility index (Phi) is 5.04. The van der Waals surface area contributed by atoms with Crippen molar-refractivity contribution in [2.24, 2.45) is 4.99 Å². The van der Waals surface area contributed by atoms with E-state index in [-0.39, 0.29) is 0 Å². The fraction of sp³-hybridized carbons (Fsp3) is 0.304. The Morgan fingerprint density at radius 3 is 2.83 bits per heavy atom. The highest BCUT2D eigenvalue weighted by atomic mass is 32.1. The third-order valence-corrected chi connectivity index (χ3v) is 6.39. The number of hydrogen-bond acceptors (Lipinski definition) is 6. The quantitative estimate of drug-likeness (QED) is 0.676. The minimum Gasteiger partial charge on any atom is -0.352 e. The third-order valence-electron chi connectivity index (χ3n) is 5.50. The summed E-state index contributed by atoms with van der Waals surface area (Å²) in [6, 6.07) is 19.4. The standard InChI is InChI=1S/C23H25N5S/c1-16-25-21-22(26-19-9-5-6-10-20(19)27-23(21)29-16)28-14-13-24-18(15-28)12-11-17-7-3-2-4-8-17/h2-10,18,24,27H,11-15H2,1H3/t18-/m1/s1. The zero-order valence-corrected chi connectivity index (χ0v) is 17.4. The number of amidine groups is 1. The molecule has 1 saturated heterocycles. The molecule has 3 heterocycles. The molecule has 2 N–H and O–H groups in total. The molecule has 3 aromatic rings. The first-order chi connectivity index (χ1) is 14.3. The van der Waals surface area contributed by atoms with E-state index in [4.69, 9.17) is 9.98 Å². The van der Waals surface area contributed by atoms with Gasteiger partial charge in [-0.1, -0.05) is 42.5 Å². The number of fused-ring (bicyclic) bond motifs is 2. The molecule has 1 aromatic heterocycles. The Hall–Kier alpha value is -2.70. The van der Waals surface area contributed by atoms with Crippen LogP contribution in [0.5, 0.6) is 0 Å². The lowest BCUT2D eigenvalue weighted by atomic mass is 10.0. The molecule has 0 unspecified atom stereocenters. The van der Waals surface area contributed by atoms with E-state index in [9.17, 15) is 0 Å². The molecule has 0 spiro atoms. The van der Waals surface area contributed by atoms with Crippen molar-refractivity contribution in [3.05, 3.63) is 70.9 Å². The highest BCUT2D eigenvalue weighted by Gasteiger charge is 2.28. The Bertz CT molecular complexity index is 1030. The Morgan fingerprint density at radius 2 is 1.93 bits per heavy atom. The van der Waals surface area contributed by atoms with Gasteiger partial charge in [0.15, 0.2) is 5.84 Å². The number of benzene rings is 2. The monoisotopic (exact) mass is 403 g/mol. The number of thiazole rings is 1. The van der Waals surface area contributed by atoms with E-state index < -0.39 is 0 Å². The molecule has 5 rings (SSSR count). The van der Waals surface area contributed by atoms with E-state index >= 15 is 0 Å². The average molecular weight is 404 g/mol. The minimum absolute atomic E-state index is 0.446. The van der Waals surface area contributed by atoms with Gasteiger partial charge in [-0.05, 0) is 37.5 Å². The first-order valence-electron chi connectivity index (χ1n) is 10.2. The minimum atomic E-state index is 0.446. The number of para-hydroxylation sites is 2. The van der Waals surface area contributed by atoms with Gasteiger partial charge in [0.05, 0.1) is 16.4 Å². The van der Waals surface area contributed by atoms with Gasteiger partial charge >= 0.3 is 0 Å². The smallest absolute Gasteiger partial charge is 0.158 e. The summed E-state index contributed by atoms with van der Waals surface area (Å²) in [4.78, 5) is 12.3. The van der Waals surface area contributed by atoms with Gasteiger partial charge in [0, 0.05) is 25.7 Å². The van der Waals surface area contributed by atoms with Crippen LogP contribution in [-0.4, -0.2) is 41.4 Å². The maximum Gasteiger partial charge on any atom is 0.158 e. The highest BCUT2D eigenvalue weighted by molar-refractivity contribution is 7.16. The first-order valence-corrected chi connectivity index (χ1v) is 11.0. The number of nitrogens with one attached hydrogen (secondary N) is 2. The zero-order chi connectivity index (χ0) is 19.6. The number of nitrogens with zero attached hydrogens (tertiary/aromatic N) is 3. The van der Waals surface area contributed by atoms with Crippen LogP contribution < -0.4 is 10.6 Å². The largest absolute Gasteiger partial charge is 0.352 e. The highest BCUT2D eigenvalue weighted by Crippen LogP contribution is 2.37. The molecule has 0 amide bonds. The Morgan fingerprint density at radius 1 is 1.10 bits per heavy atom. The number of aryl methyl sites for hydroxylation is 2. The van der Waals surface area contributed by atoms with Crippen molar-refractivity contribution in [2.75, 3.05) is 25.0 Å². The molecule has 0 bridgehead atoms.